The number of amides is 1. The smallest absolute Gasteiger partial charge is 0.254 e. The van der Waals surface area contributed by atoms with E-state index in [0.717, 1.165) is 11.1 Å². The van der Waals surface area contributed by atoms with Crippen molar-refractivity contribution in [3.05, 3.63) is 65.0 Å². The SMILES string of the molecule is Cc1ccc(C(=O)NCc2cccc(O)c2)c(F)c1. The molecule has 0 atom stereocenters. The molecule has 2 N–H and O–H groups in total. The Kier molecular flexibility index (Phi) is 3.80. The fourth-order valence-corrected chi connectivity index (χ4v) is 1.75. The van der Waals surface area contributed by atoms with E-state index in [1.54, 1.807) is 37.3 Å². The lowest BCUT2D eigenvalue weighted by molar-refractivity contribution is 0.0947. The van der Waals surface area contributed by atoms with Gasteiger partial charge in [-0.05, 0) is 42.3 Å². The molecule has 0 fully saturated rings. The fourth-order valence-electron chi connectivity index (χ4n) is 1.75. The zero-order valence-electron chi connectivity index (χ0n) is 10.5. The van der Waals surface area contributed by atoms with Crippen LogP contribution >= 0.6 is 0 Å². The number of phenols is 1. The summed E-state index contributed by atoms with van der Waals surface area (Å²) >= 11 is 0. The van der Waals surface area contributed by atoms with Gasteiger partial charge in [-0.1, -0.05) is 18.2 Å². The number of rotatable bonds is 3. The third-order valence-electron chi connectivity index (χ3n) is 2.73. The van der Waals surface area contributed by atoms with E-state index >= 15 is 0 Å². The van der Waals surface area contributed by atoms with Crippen LogP contribution in [0.5, 0.6) is 5.75 Å². The lowest BCUT2D eigenvalue weighted by Crippen LogP contribution is -2.23. The number of hydrogen-bond donors (Lipinski definition) is 2. The molecule has 0 saturated carbocycles. The van der Waals surface area contributed by atoms with Crippen molar-refractivity contribution < 1.29 is 14.3 Å². The van der Waals surface area contributed by atoms with Crippen molar-refractivity contribution >= 4 is 5.91 Å². The Morgan fingerprint density at radius 2 is 2.05 bits per heavy atom. The van der Waals surface area contributed by atoms with Gasteiger partial charge < -0.3 is 10.4 Å². The topological polar surface area (TPSA) is 49.3 Å². The first-order valence-corrected chi connectivity index (χ1v) is 5.88. The average molecular weight is 259 g/mol. The highest BCUT2D eigenvalue weighted by Crippen LogP contribution is 2.12. The summed E-state index contributed by atoms with van der Waals surface area (Å²) in [7, 11) is 0. The Hall–Kier alpha value is -2.36. The summed E-state index contributed by atoms with van der Waals surface area (Å²) < 4.78 is 13.6. The highest BCUT2D eigenvalue weighted by atomic mass is 19.1. The van der Waals surface area contributed by atoms with Gasteiger partial charge >= 0.3 is 0 Å². The number of aromatic hydroxyl groups is 1. The van der Waals surface area contributed by atoms with Gasteiger partial charge in [-0.2, -0.15) is 0 Å². The van der Waals surface area contributed by atoms with E-state index in [2.05, 4.69) is 5.32 Å². The summed E-state index contributed by atoms with van der Waals surface area (Å²) in [5.74, 6) is -0.873. The van der Waals surface area contributed by atoms with E-state index in [0.29, 0.717) is 0 Å². The minimum absolute atomic E-state index is 0.0192. The third kappa shape index (κ3) is 3.31. The lowest BCUT2D eigenvalue weighted by Gasteiger charge is -2.07. The van der Waals surface area contributed by atoms with Crippen LogP contribution in [0.3, 0.4) is 0 Å². The average Bonchev–Trinajstić information content (AvgIpc) is 2.36. The van der Waals surface area contributed by atoms with Crippen molar-refractivity contribution in [1.82, 2.24) is 5.32 Å². The molecular weight excluding hydrogens is 245 g/mol. The van der Waals surface area contributed by atoms with Crippen molar-refractivity contribution in [2.24, 2.45) is 0 Å². The van der Waals surface area contributed by atoms with Crippen molar-refractivity contribution in [3.8, 4) is 5.75 Å². The molecule has 98 valence electrons. The molecule has 0 heterocycles. The fraction of sp³-hybridized carbons (Fsp3) is 0.133. The summed E-state index contributed by atoms with van der Waals surface area (Å²) in [5, 5.41) is 11.9. The molecule has 2 rings (SSSR count). The maximum atomic E-state index is 13.6. The first-order chi connectivity index (χ1) is 9.06. The molecular formula is C15H14FNO2. The lowest BCUT2D eigenvalue weighted by atomic mass is 10.1. The van der Waals surface area contributed by atoms with E-state index in [1.165, 1.54) is 12.1 Å². The van der Waals surface area contributed by atoms with Gasteiger partial charge in [-0.15, -0.1) is 0 Å². The van der Waals surface area contributed by atoms with Crippen molar-refractivity contribution in [1.29, 1.82) is 0 Å². The standard InChI is InChI=1S/C15H14FNO2/c1-10-5-6-13(14(16)7-10)15(19)17-9-11-3-2-4-12(18)8-11/h2-8,18H,9H2,1H3,(H,17,19). The van der Waals surface area contributed by atoms with E-state index in [4.69, 9.17) is 0 Å². The predicted octanol–water partition coefficient (Wildman–Crippen LogP) is 2.77. The molecule has 0 aliphatic heterocycles. The Labute approximate surface area is 110 Å². The summed E-state index contributed by atoms with van der Waals surface area (Å²) in [6.07, 6.45) is 0. The highest BCUT2D eigenvalue weighted by Gasteiger charge is 2.11. The second-order valence-electron chi connectivity index (χ2n) is 4.34. The van der Waals surface area contributed by atoms with Gasteiger partial charge in [0.05, 0.1) is 5.56 Å². The zero-order chi connectivity index (χ0) is 13.8. The van der Waals surface area contributed by atoms with Gasteiger partial charge in [0.2, 0.25) is 0 Å². The Balaban J connectivity index is 2.05. The van der Waals surface area contributed by atoms with Crippen LogP contribution in [0, 0.1) is 12.7 Å². The zero-order valence-corrected chi connectivity index (χ0v) is 10.5. The first-order valence-electron chi connectivity index (χ1n) is 5.88. The van der Waals surface area contributed by atoms with Gasteiger partial charge in [-0.3, -0.25) is 4.79 Å². The molecule has 1 amide bonds. The molecule has 0 aliphatic carbocycles. The predicted molar refractivity (Wildman–Crippen MR) is 70.4 cm³/mol. The Bertz CT molecular complexity index is 611. The van der Waals surface area contributed by atoms with E-state index in [-0.39, 0.29) is 17.9 Å². The quantitative estimate of drug-likeness (QED) is 0.890. The minimum atomic E-state index is -0.534. The van der Waals surface area contributed by atoms with E-state index in [9.17, 15) is 14.3 Å². The summed E-state index contributed by atoms with van der Waals surface area (Å²) in [4.78, 5) is 11.8. The number of aryl methyl sites for hydroxylation is 1. The maximum Gasteiger partial charge on any atom is 0.254 e. The van der Waals surface area contributed by atoms with Gasteiger partial charge in [-0.25, -0.2) is 4.39 Å². The number of benzene rings is 2. The second-order valence-corrected chi connectivity index (χ2v) is 4.34. The van der Waals surface area contributed by atoms with Crippen LogP contribution in [-0.4, -0.2) is 11.0 Å². The van der Waals surface area contributed by atoms with Crippen LogP contribution in [-0.2, 0) is 6.54 Å². The van der Waals surface area contributed by atoms with Gasteiger partial charge in [0, 0.05) is 6.54 Å². The summed E-state index contributed by atoms with van der Waals surface area (Å²) in [6, 6.07) is 11.0. The molecule has 4 heteroatoms. The maximum absolute atomic E-state index is 13.6. The number of hydrogen-bond acceptors (Lipinski definition) is 2. The second kappa shape index (κ2) is 5.52. The monoisotopic (exact) mass is 259 g/mol. The highest BCUT2D eigenvalue weighted by molar-refractivity contribution is 5.94. The number of carbonyl (C=O) groups is 1. The van der Waals surface area contributed by atoms with Crippen LogP contribution < -0.4 is 5.32 Å². The van der Waals surface area contributed by atoms with E-state index < -0.39 is 11.7 Å². The Morgan fingerprint density at radius 1 is 1.26 bits per heavy atom. The van der Waals surface area contributed by atoms with Crippen LogP contribution in [0.15, 0.2) is 42.5 Å². The molecule has 0 radical (unpaired) electrons. The summed E-state index contributed by atoms with van der Waals surface area (Å²) in [6.45, 7) is 2.00. The molecule has 0 aliphatic rings. The van der Waals surface area contributed by atoms with Crippen molar-refractivity contribution in [3.63, 3.8) is 0 Å². The van der Waals surface area contributed by atoms with Crippen LogP contribution in [0.2, 0.25) is 0 Å². The third-order valence-corrected chi connectivity index (χ3v) is 2.73. The first kappa shape index (κ1) is 13.1. The van der Waals surface area contributed by atoms with Crippen LogP contribution in [0.1, 0.15) is 21.5 Å². The molecule has 19 heavy (non-hydrogen) atoms. The normalized spacial score (nSPS) is 10.2. The van der Waals surface area contributed by atoms with Crippen molar-refractivity contribution in [2.45, 2.75) is 13.5 Å². The molecule has 3 nitrogen and oxygen atoms in total. The van der Waals surface area contributed by atoms with Gasteiger partial charge in [0.1, 0.15) is 11.6 Å². The molecule has 2 aromatic rings. The minimum Gasteiger partial charge on any atom is -0.508 e. The molecule has 0 unspecified atom stereocenters. The molecule has 0 aromatic heterocycles. The molecule has 0 bridgehead atoms. The molecule has 0 saturated heterocycles. The van der Waals surface area contributed by atoms with E-state index in [1.807, 2.05) is 0 Å². The summed E-state index contributed by atoms with van der Waals surface area (Å²) in [5.41, 5.74) is 1.54. The number of phenolic OH excluding ortho intramolecular Hbond substituents is 1. The van der Waals surface area contributed by atoms with Crippen LogP contribution in [0.25, 0.3) is 0 Å². The number of nitrogens with one attached hydrogen (secondary N) is 1. The Morgan fingerprint density at radius 3 is 2.74 bits per heavy atom. The van der Waals surface area contributed by atoms with Gasteiger partial charge in [0.15, 0.2) is 0 Å². The van der Waals surface area contributed by atoms with Gasteiger partial charge in [0.25, 0.3) is 5.91 Å². The molecule has 0 spiro atoms. The largest absolute Gasteiger partial charge is 0.508 e. The number of halogens is 1. The number of carbonyl (C=O) groups excluding carboxylic acids is 1. The molecule has 2 aromatic carbocycles. The van der Waals surface area contributed by atoms with Crippen LogP contribution in [0.4, 0.5) is 4.39 Å². The van der Waals surface area contributed by atoms with Crippen molar-refractivity contribution in [2.75, 3.05) is 0 Å².